The van der Waals surface area contributed by atoms with Crippen molar-refractivity contribution < 1.29 is 22.4 Å². The van der Waals surface area contributed by atoms with Crippen LogP contribution in [-0.2, 0) is 21.3 Å². The van der Waals surface area contributed by atoms with Crippen LogP contribution < -0.4 is 15.0 Å². The van der Waals surface area contributed by atoms with Crippen molar-refractivity contribution in [1.82, 2.24) is 19.4 Å². The topological polar surface area (TPSA) is 126 Å². The van der Waals surface area contributed by atoms with Gasteiger partial charge >= 0.3 is 0 Å². The highest BCUT2D eigenvalue weighted by Crippen LogP contribution is 2.23. The van der Waals surface area contributed by atoms with Gasteiger partial charge in [0.1, 0.15) is 12.4 Å². The molecule has 1 N–H and O–H groups in total. The number of hydrogen-bond acceptors (Lipinski definition) is 8. The second kappa shape index (κ2) is 12.0. The van der Waals surface area contributed by atoms with Gasteiger partial charge in [-0.2, -0.15) is 4.98 Å². The molecule has 0 aliphatic rings. The first-order valence-corrected chi connectivity index (χ1v) is 13.2. The number of pyridine rings is 1. The minimum atomic E-state index is -3.57. The molecule has 0 radical (unpaired) electrons. The predicted octanol–water partition coefficient (Wildman–Crippen LogP) is 3.33. The van der Waals surface area contributed by atoms with E-state index in [1.54, 1.807) is 36.1 Å². The van der Waals surface area contributed by atoms with Gasteiger partial charge < -0.3 is 18.6 Å². The molecule has 0 amide bonds. The average molecular weight is 525 g/mol. The maximum atomic E-state index is 12.5. The molecule has 0 atom stereocenters. The lowest BCUT2D eigenvalue weighted by Gasteiger charge is -2.10. The third-order valence-corrected chi connectivity index (χ3v) is 6.91. The normalized spacial score (nSPS) is 11.5. The minimum Gasteiger partial charge on any atom is -0.491 e. The lowest BCUT2D eigenvalue weighted by atomic mass is 10.2. The van der Waals surface area contributed by atoms with E-state index < -0.39 is 10.0 Å². The maximum Gasteiger partial charge on any atom is 0.258 e. The van der Waals surface area contributed by atoms with E-state index >= 15 is 0 Å². The fourth-order valence-corrected chi connectivity index (χ4v) is 4.65. The SMILES string of the molecule is CCCNS(=O)(=O)c1ccc(-c2nc(-c3ccc(=O)n(Cc4cccc(OCCOC)c4)c3)no2)cc1. The third-order valence-electron chi connectivity index (χ3n) is 5.43. The summed E-state index contributed by atoms with van der Waals surface area (Å²) in [6.07, 6.45) is 2.37. The Morgan fingerprint density at radius 3 is 2.57 bits per heavy atom. The molecule has 194 valence electrons. The van der Waals surface area contributed by atoms with Crippen LogP contribution in [0, 0.1) is 0 Å². The molecular formula is C26H28N4O6S. The zero-order valence-corrected chi connectivity index (χ0v) is 21.4. The Balaban J connectivity index is 1.51. The zero-order chi connectivity index (χ0) is 26.3. The first kappa shape index (κ1) is 26.3. The molecule has 0 spiro atoms. The van der Waals surface area contributed by atoms with Gasteiger partial charge in [0.15, 0.2) is 0 Å². The van der Waals surface area contributed by atoms with Crippen molar-refractivity contribution in [2.45, 2.75) is 24.8 Å². The molecule has 0 fully saturated rings. The summed E-state index contributed by atoms with van der Waals surface area (Å²) >= 11 is 0. The van der Waals surface area contributed by atoms with Gasteiger partial charge in [-0.1, -0.05) is 24.2 Å². The number of nitrogens with one attached hydrogen (secondary N) is 1. The lowest BCUT2D eigenvalue weighted by Crippen LogP contribution is -2.24. The van der Waals surface area contributed by atoms with Gasteiger partial charge in [0, 0.05) is 37.0 Å². The van der Waals surface area contributed by atoms with Crippen LogP contribution in [0.1, 0.15) is 18.9 Å². The second-order valence-electron chi connectivity index (χ2n) is 8.22. The van der Waals surface area contributed by atoms with Crippen LogP contribution in [0.25, 0.3) is 22.8 Å². The number of aromatic nitrogens is 3. The zero-order valence-electron chi connectivity index (χ0n) is 20.6. The number of ether oxygens (including phenoxy) is 2. The molecule has 0 bridgehead atoms. The van der Waals surface area contributed by atoms with E-state index in [0.29, 0.717) is 55.4 Å². The monoisotopic (exact) mass is 524 g/mol. The standard InChI is InChI=1S/C26H28N4O6S/c1-3-13-27-37(32,33)23-10-7-20(8-11-23)26-28-25(29-36-26)21-9-12-24(31)30(18-21)17-19-5-4-6-22(16-19)35-15-14-34-2/h4-12,16,18,27H,3,13-15,17H2,1-2H3. The van der Waals surface area contributed by atoms with Gasteiger partial charge in [0.05, 0.1) is 18.0 Å². The highest BCUT2D eigenvalue weighted by atomic mass is 32.2. The highest BCUT2D eigenvalue weighted by molar-refractivity contribution is 7.89. The quantitative estimate of drug-likeness (QED) is 0.280. The second-order valence-corrected chi connectivity index (χ2v) is 9.98. The Morgan fingerprint density at radius 2 is 1.81 bits per heavy atom. The summed E-state index contributed by atoms with van der Waals surface area (Å²) in [4.78, 5) is 17.1. The van der Waals surface area contributed by atoms with E-state index in [4.69, 9.17) is 14.0 Å². The van der Waals surface area contributed by atoms with E-state index in [-0.39, 0.29) is 16.3 Å². The molecule has 0 aliphatic heterocycles. The number of rotatable bonds is 12. The Hall–Kier alpha value is -3.80. The van der Waals surface area contributed by atoms with Crippen LogP contribution in [0.2, 0.25) is 0 Å². The Kier molecular flexibility index (Phi) is 8.49. The largest absolute Gasteiger partial charge is 0.491 e. The van der Waals surface area contributed by atoms with E-state index in [9.17, 15) is 13.2 Å². The van der Waals surface area contributed by atoms with Crippen molar-refractivity contribution in [2.24, 2.45) is 0 Å². The van der Waals surface area contributed by atoms with Crippen molar-refractivity contribution in [3.05, 3.63) is 82.8 Å². The van der Waals surface area contributed by atoms with Crippen molar-refractivity contribution in [2.75, 3.05) is 26.9 Å². The van der Waals surface area contributed by atoms with Crippen LogP contribution in [0.4, 0.5) is 0 Å². The summed E-state index contributed by atoms with van der Waals surface area (Å²) in [5.74, 6) is 1.24. The van der Waals surface area contributed by atoms with Crippen LogP contribution >= 0.6 is 0 Å². The van der Waals surface area contributed by atoms with Gasteiger partial charge in [-0.05, 0) is 54.4 Å². The molecule has 2 heterocycles. The molecule has 2 aromatic heterocycles. The summed E-state index contributed by atoms with van der Waals surface area (Å²) in [6.45, 7) is 3.51. The van der Waals surface area contributed by atoms with Crippen molar-refractivity contribution in [3.8, 4) is 28.6 Å². The number of sulfonamides is 1. The van der Waals surface area contributed by atoms with Crippen molar-refractivity contribution in [1.29, 1.82) is 0 Å². The smallest absolute Gasteiger partial charge is 0.258 e. The van der Waals surface area contributed by atoms with Gasteiger partial charge in [-0.15, -0.1) is 0 Å². The Labute approximate surface area is 214 Å². The molecule has 4 rings (SSSR count). The summed E-state index contributed by atoms with van der Waals surface area (Å²) in [5, 5.41) is 4.04. The number of methoxy groups -OCH3 is 1. The first-order valence-electron chi connectivity index (χ1n) is 11.7. The number of nitrogens with zero attached hydrogens (tertiary/aromatic N) is 3. The van der Waals surface area contributed by atoms with Gasteiger partial charge in [-0.3, -0.25) is 4.79 Å². The van der Waals surface area contributed by atoms with E-state index in [1.807, 2.05) is 31.2 Å². The average Bonchev–Trinajstić information content (AvgIpc) is 3.40. The maximum absolute atomic E-state index is 12.5. The number of hydrogen-bond donors (Lipinski definition) is 1. The Bertz CT molecular complexity index is 1500. The molecule has 10 nitrogen and oxygen atoms in total. The van der Waals surface area contributed by atoms with E-state index in [0.717, 1.165) is 5.56 Å². The number of benzene rings is 2. The third kappa shape index (κ3) is 6.70. The molecule has 0 saturated heterocycles. The molecule has 2 aromatic carbocycles. The van der Waals surface area contributed by atoms with Gasteiger partial charge in [-0.25, -0.2) is 13.1 Å². The predicted molar refractivity (Wildman–Crippen MR) is 138 cm³/mol. The lowest BCUT2D eigenvalue weighted by molar-refractivity contribution is 0.146. The van der Waals surface area contributed by atoms with Crippen LogP contribution in [-0.4, -0.2) is 50.0 Å². The fraction of sp³-hybridized carbons (Fsp3) is 0.269. The molecule has 0 saturated carbocycles. The fourth-order valence-electron chi connectivity index (χ4n) is 3.51. The Morgan fingerprint density at radius 1 is 1.03 bits per heavy atom. The van der Waals surface area contributed by atoms with Crippen molar-refractivity contribution >= 4 is 10.0 Å². The molecular weight excluding hydrogens is 496 g/mol. The highest BCUT2D eigenvalue weighted by Gasteiger charge is 2.16. The molecule has 4 aromatic rings. The van der Waals surface area contributed by atoms with E-state index in [1.165, 1.54) is 18.2 Å². The first-order chi connectivity index (χ1) is 17.9. The summed E-state index contributed by atoms with van der Waals surface area (Å²) in [7, 11) is -1.95. The summed E-state index contributed by atoms with van der Waals surface area (Å²) in [6, 6.07) is 16.8. The van der Waals surface area contributed by atoms with Crippen LogP contribution in [0.3, 0.4) is 0 Å². The molecule has 37 heavy (non-hydrogen) atoms. The van der Waals surface area contributed by atoms with Gasteiger partial charge in [0.2, 0.25) is 15.8 Å². The van der Waals surface area contributed by atoms with Gasteiger partial charge in [0.25, 0.3) is 11.4 Å². The molecule has 0 unspecified atom stereocenters. The van der Waals surface area contributed by atoms with E-state index in [2.05, 4.69) is 14.9 Å². The van der Waals surface area contributed by atoms with Crippen LogP contribution in [0.15, 0.2) is 81.1 Å². The molecule has 0 aliphatic carbocycles. The van der Waals surface area contributed by atoms with Crippen LogP contribution in [0.5, 0.6) is 5.75 Å². The molecule has 11 heteroatoms. The summed E-state index contributed by atoms with van der Waals surface area (Å²) in [5.41, 5.74) is 1.90. The minimum absolute atomic E-state index is 0.157. The summed E-state index contributed by atoms with van der Waals surface area (Å²) < 4.78 is 44.7. The van der Waals surface area contributed by atoms with Crippen molar-refractivity contribution in [3.63, 3.8) is 0 Å².